The second kappa shape index (κ2) is 8.18. The Balaban J connectivity index is 1.86. The molecule has 0 aliphatic heterocycles. The molecule has 0 saturated heterocycles. The molecule has 7 nitrogen and oxygen atoms in total. The van der Waals surface area contributed by atoms with Crippen LogP contribution in [0, 0.1) is 5.82 Å². The Morgan fingerprint density at radius 2 is 1.96 bits per heavy atom. The highest BCUT2D eigenvalue weighted by atomic mass is 35.5. The van der Waals surface area contributed by atoms with E-state index in [9.17, 15) is 19.1 Å². The van der Waals surface area contributed by atoms with Gasteiger partial charge in [0.2, 0.25) is 11.8 Å². The molecule has 2 amide bonds. The number of fused-ring (bicyclic) bond motifs is 1. The Labute approximate surface area is 164 Å². The summed E-state index contributed by atoms with van der Waals surface area (Å²) in [5, 5.41) is 20.7. The minimum absolute atomic E-state index is 0.0663. The van der Waals surface area contributed by atoms with Gasteiger partial charge in [0.25, 0.3) is 5.91 Å². The molecular weight excluding hydrogens is 387 g/mol. The van der Waals surface area contributed by atoms with Crippen LogP contribution < -0.4 is 5.32 Å². The van der Waals surface area contributed by atoms with E-state index in [1.54, 1.807) is 25.1 Å². The number of hydrogen-bond acceptors (Lipinski definition) is 4. The van der Waals surface area contributed by atoms with Crippen LogP contribution in [0.2, 0.25) is 0 Å². The number of aromatic hydroxyl groups is 1. The first-order chi connectivity index (χ1) is 13.4. The number of nitrogens with one attached hydrogen (secondary N) is 2. The maximum atomic E-state index is 13.0. The summed E-state index contributed by atoms with van der Waals surface area (Å²) in [6, 6.07) is 10.4. The van der Waals surface area contributed by atoms with Crippen molar-refractivity contribution in [2.45, 2.75) is 12.8 Å². The molecule has 1 atom stereocenters. The number of nitrogens with zero attached hydrogens (tertiary/aromatic N) is 2. The van der Waals surface area contributed by atoms with Crippen LogP contribution in [0.3, 0.4) is 0 Å². The van der Waals surface area contributed by atoms with Crippen molar-refractivity contribution < 1.29 is 19.1 Å². The summed E-state index contributed by atoms with van der Waals surface area (Å²) in [7, 11) is 0. The van der Waals surface area contributed by atoms with E-state index < -0.39 is 17.6 Å². The summed E-state index contributed by atoms with van der Waals surface area (Å²) in [5.41, 5.74) is 1.67. The van der Waals surface area contributed by atoms with Crippen LogP contribution in [-0.4, -0.2) is 27.8 Å². The fourth-order valence-electron chi connectivity index (χ4n) is 2.62. The number of carbonyl (C=O) groups is 2. The van der Waals surface area contributed by atoms with E-state index in [1.807, 2.05) is 0 Å². The number of aromatic nitrogens is 1. The van der Waals surface area contributed by atoms with Crippen LogP contribution in [0.4, 0.5) is 15.8 Å². The van der Waals surface area contributed by atoms with Gasteiger partial charge in [-0.1, -0.05) is 12.1 Å². The third kappa shape index (κ3) is 4.17. The van der Waals surface area contributed by atoms with Gasteiger partial charge in [0.05, 0.1) is 11.4 Å². The zero-order chi connectivity index (χ0) is 20.3. The molecule has 28 heavy (non-hydrogen) atoms. The Hall–Kier alpha value is -3.26. The zero-order valence-electron chi connectivity index (χ0n) is 14.7. The number of halogens is 2. The first-order valence-corrected chi connectivity index (χ1v) is 8.84. The minimum atomic E-state index is -0.629. The minimum Gasteiger partial charge on any atom is -0.493 e. The van der Waals surface area contributed by atoms with Crippen molar-refractivity contribution in [2.24, 2.45) is 10.2 Å². The van der Waals surface area contributed by atoms with Crippen molar-refractivity contribution in [3.05, 3.63) is 53.8 Å². The van der Waals surface area contributed by atoms with E-state index in [1.165, 1.54) is 24.3 Å². The van der Waals surface area contributed by atoms with E-state index in [0.29, 0.717) is 22.2 Å². The van der Waals surface area contributed by atoms with Gasteiger partial charge in [-0.25, -0.2) is 4.39 Å². The lowest BCUT2D eigenvalue weighted by molar-refractivity contribution is -0.119. The molecule has 0 radical (unpaired) electrons. The predicted octanol–water partition coefficient (Wildman–Crippen LogP) is 4.60. The van der Waals surface area contributed by atoms with Crippen molar-refractivity contribution in [3.63, 3.8) is 0 Å². The van der Waals surface area contributed by atoms with Crippen molar-refractivity contribution in [2.75, 3.05) is 11.2 Å². The molecule has 0 spiro atoms. The Morgan fingerprint density at radius 3 is 2.64 bits per heavy atom. The predicted molar refractivity (Wildman–Crippen MR) is 104 cm³/mol. The molecule has 0 aliphatic rings. The van der Waals surface area contributed by atoms with Gasteiger partial charge >= 0.3 is 0 Å². The molecule has 1 unspecified atom stereocenters. The van der Waals surface area contributed by atoms with Gasteiger partial charge in [-0.15, -0.1) is 21.8 Å². The molecule has 3 rings (SSSR count). The number of alkyl halides is 1. The normalized spacial score (nSPS) is 12.4. The maximum absolute atomic E-state index is 13.0. The topological polar surface area (TPSA) is 107 Å². The standard InChI is InChI=1S/C19H16ClFN4O3/c1-10(11-2-4-12(21)5-3-11)18(27)25-24-17-14-8-13(22-16(26)9-20)6-7-15(14)23-19(17)28/h2-8,10,23,28H,9H2,1H3,(H,22,26). The molecule has 3 aromatic rings. The number of H-pyrrole nitrogens is 1. The Bertz CT molecular complexity index is 1060. The van der Waals surface area contributed by atoms with Crippen LogP contribution >= 0.6 is 11.6 Å². The van der Waals surface area contributed by atoms with E-state index in [0.717, 1.165) is 0 Å². The monoisotopic (exact) mass is 402 g/mol. The molecule has 1 aromatic heterocycles. The molecular formula is C19H16ClFN4O3. The van der Waals surface area contributed by atoms with Gasteiger partial charge in [-0.2, -0.15) is 0 Å². The summed E-state index contributed by atoms with van der Waals surface area (Å²) < 4.78 is 13.0. The highest BCUT2D eigenvalue weighted by Gasteiger charge is 2.17. The number of aromatic amines is 1. The van der Waals surface area contributed by atoms with Crippen molar-refractivity contribution >= 4 is 45.7 Å². The number of anilines is 1. The van der Waals surface area contributed by atoms with Crippen LogP contribution in [-0.2, 0) is 9.59 Å². The number of amides is 2. The molecule has 144 valence electrons. The van der Waals surface area contributed by atoms with Crippen molar-refractivity contribution in [1.82, 2.24) is 4.98 Å². The summed E-state index contributed by atoms with van der Waals surface area (Å²) in [6.07, 6.45) is 0. The molecule has 0 aliphatic carbocycles. The van der Waals surface area contributed by atoms with E-state index in [-0.39, 0.29) is 23.4 Å². The van der Waals surface area contributed by atoms with E-state index in [4.69, 9.17) is 11.6 Å². The van der Waals surface area contributed by atoms with Crippen LogP contribution in [0.1, 0.15) is 18.4 Å². The second-order valence-corrected chi connectivity index (χ2v) is 6.34. The fraction of sp³-hybridized carbons (Fsp3) is 0.158. The summed E-state index contributed by atoms with van der Waals surface area (Å²) in [6.45, 7) is 1.63. The fourth-order valence-corrected chi connectivity index (χ4v) is 2.68. The number of carbonyl (C=O) groups excluding carboxylic acids is 2. The highest BCUT2D eigenvalue weighted by Crippen LogP contribution is 2.37. The lowest BCUT2D eigenvalue weighted by atomic mass is 10.0. The average molecular weight is 403 g/mol. The van der Waals surface area contributed by atoms with Crippen LogP contribution in [0.25, 0.3) is 10.9 Å². The Morgan fingerprint density at radius 1 is 1.25 bits per heavy atom. The number of azo groups is 1. The second-order valence-electron chi connectivity index (χ2n) is 6.08. The lowest BCUT2D eigenvalue weighted by Gasteiger charge is -2.06. The molecule has 0 bridgehead atoms. The zero-order valence-corrected chi connectivity index (χ0v) is 15.5. The largest absolute Gasteiger partial charge is 0.493 e. The summed E-state index contributed by atoms with van der Waals surface area (Å²) >= 11 is 5.48. The average Bonchev–Trinajstić information content (AvgIpc) is 3.00. The van der Waals surface area contributed by atoms with Gasteiger partial charge < -0.3 is 15.4 Å². The molecule has 0 fully saturated rings. The van der Waals surface area contributed by atoms with Gasteiger partial charge in [0.15, 0.2) is 5.69 Å². The van der Waals surface area contributed by atoms with Crippen molar-refractivity contribution in [1.29, 1.82) is 0 Å². The SMILES string of the molecule is CC(C(=O)N=Nc1c(O)[nH]c2ccc(NC(=O)CCl)cc12)c1ccc(F)cc1. The number of rotatable bonds is 5. The summed E-state index contributed by atoms with van der Waals surface area (Å²) in [5.74, 6) is -2.42. The van der Waals surface area contributed by atoms with Crippen LogP contribution in [0.5, 0.6) is 5.88 Å². The van der Waals surface area contributed by atoms with Gasteiger partial charge in [-0.05, 0) is 42.8 Å². The Kier molecular flexibility index (Phi) is 5.70. The molecule has 0 saturated carbocycles. The van der Waals surface area contributed by atoms with Gasteiger partial charge in [-0.3, -0.25) is 9.59 Å². The third-order valence-electron chi connectivity index (χ3n) is 4.15. The number of hydrogen-bond donors (Lipinski definition) is 3. The maximum Gasteiger partial charge on any atom is 0.271 e. The molecule has 1 heterocycles. The smallest absolute Gasteiger partial charge is 0.271 e. The van der Waals surface area contributed by atoms with Crippen LogP contribution in [0.15, 0.2) is 52.7 Å². The molecule has 2 aromatic carbocycles. The first kappa shape index (κ1) is 19.5. The van der Waals surface area contributed by atoms with Crippen molar-refractivity contribution in [3.8, 4) is 5.88 Å². The molecule has 3 N–H and O–H groups in total. The van der Waals surface area contributed by atoms with E-state index >= 15 is 0 Å². The summed E-state index contributed by atoms with van der Waals surface area (Å²) in [4.78, 5) is 26.5. The quantitative estimate of drug-likeness (QED) is 0.428. The molecule has 9 heteroatoms. The lowest BCUT2D eigenvalue weighted by Crippen LogP contribution is -2.12. The van der Waals surface area contributed by atoms with E-state index in [2.05, 4.69) is 20.5 Å². The number of benzene rings is 2. The third-order valence-corrected chi connectivity index (χ3v) is 4.39. The van der Waals surface area contributed by atoms with Gasteiger partial charge in [0, 0.05) is 11.1 Å². The highest BCUT2D eigenvalue weighted by molar-refractivity contribution is 6.29. The van der Waals surface area contributed by atoms with Gasteiger partial charge in [0.1, 0.15) is 11.7 Å². The first-order valence-electron chi connectivity index (χ1n) is 8.30.